The van der Waals surface area contributed by atoms with E-state index in [2.05, 4.69) is 22.3 Å². The SMILES string of the molecule is CCOC(=O)[C@@H]1C(=O)NC(N2CCN(c3ccccc3)CC2)=N[C@@H]1c1ccc(F)cc1. The van der Waals surface area contributed by atoms with Crippen molar-refractivity contribution in [2.75, 3.05) is 37.7 Å². The lowest BCUT2D eigenvalue weighted by atomic mass is 9.91. The van der Waals surface area contributed by atoms with Gasteiger partial charge in [-0.05, 0) is 36.8 Å². The Labute approximate surface area is 180 Å². The van der Waals surface area contributed by atoms with E-state index in [0.29, 0.717) is 24.6 Å². The molecule has 0 saturated carbocycles. The molecule has 1 saturated heterocycles. The molecule has 1 N–H and O–H groups in total. The maximum absolute atomic E-state index is 13.4. The monoisotopic (exact) mass is 424 g/mol. The van der Waals surface area contributed by atoms with Gasteiger partial charge in [-0.1, -0.05) is 30.3 Å². The summed E-state index contributed by atoms with van der Waals surface area (Å²) in [4.78, 5) is 34.4. The lowest BCUT2D eigenvalue weighted by molar-refractivity contribution is -0.153. The number of esters is 1. The minimum absolute atomic E-state index is 0.163. The number of rotatable bonds is 4. The first-order valence-electron chi connectivity index (χ1n) is 10.4. The molecule has 2 aromatic carbocycles. The summed E-state index contributed by atoms with van der Waals surface area (Å²) in [5, 5.41) is 2.78. The van der Waals surface area contributed by atoms with Gasteiger partial charge in [0.05, 0.1) is 6.61 Å². The van der Waals surface area contributed by atoms with Gasteiger partial charge in [0.25, 0.3) is 0 Å². The van der Waals surface area contributed by atoms with Crippen molar-refractivity contribution in [1.29, 1.82) is 0 Å². The summed E-state index contributed by atoms with van der Waals surface area (Å²) in [5.74, 6) is -2.15. The normalized spacial score (nSPS) is 21.4. The van der Waals surface area contributed by atoms with Crippen molar-refractivity contribution in [2.45, 2.75) is 13.0 Å². The molecule has 0 aromatic heterocycles. The highest BCUT2D eigenvalue weighted by Crippen LogP contribution is 2.31. The maximum Gasteiger partial charge on any atom is 0.321 e. The number of guanidine groups is 1. The first kappa shape index (κ1) is 20.8. The van der Waals surface area contributed by atoms with E-state index in [1.54, 1.807) is 19.1 Å². The van der Waals surface area contributed by atoms with E-state index >= 15 is 0 Å². The van der Waals surface area contributed by atoms with Crippen LogP contribution in [-0.2, 0) is 14.3 Å². The molecule has 1 fully saturated rings. The lowest BCUT2D eigenvalue weighted by Crippen LogP contribution is -2.57. The van der Waals surface area contributed by atoms with E-state index in [4.69, 9.17) is 9.73 Å². The third kappa shape index (κ3) is 4.52. The lowest BCUT2D eigenvalue weighted by Gasteiger charge is -2.39. The van der Waals surface area contributed by atoms with Crippen LogP contribution in [0.15, 0.2) is 59.6 Å². The first-order valence-corrected chi connectivity index (χ1v) is 10.4. The fourth-order valence-electron chi connectivity index (χ4n) is 3.94. The number of para-hydroxylation sites is 1. The number of hydrogen-bond donors (Lipinski definition) is 1. The Kier molecular flexibility index (Phi) is 6.16. The molecule has 0 unspecified atom stereocenters. The van der Waals surface area contributed by atoms with Crippen molar-refractivity contribution in [3.8, 4) is 0 Å². The zero-order chi connectivity index (χ0) is 21.8. The van der Waals surface area contributed by atoms with Gasteiger partial charge in [-0.15, -0.1) is 0 Å². The maximum atomic E-state index is 13.4. The van der Waals surface area contributed by atoms with E-state index < -0.39 is 29.7 Å². The molecule has 8 heteroatoms. The van der Waals surface area contributed by atoms with Gasteiger partial charge in [-0.3, -0.25) is 14.9 Å². The second-order valence-electron chi connectivity index (χ2n) is 7.48. The first-order chi connectivity index (χ1) is 15.1. The van der Waals surface area contributed by atoms with Gasteiger partial charge < -0.3 is 14.5 Å². The molecule has 4 rings (SSSR count). The molecule has 0 radical (unpaired) electrons. The molecule has 162 valence electrons. The number of benzene rings is 2. The van der Waals surface area contributed by atoms with Crippen LogP contribution in [0.4, 0.5) is 10.1 Å². The minimum Gasteiger partial charge on any atom is -0.465 e. The highest BCUT2D eigenvalue weighted by Gasteiger charge is 2.42. The van der Waals surface area contributed by atoms with Crippen molar-refractivity contribution in [3.63, 3.8) is 0 Å². The molecule has 0 spiro atoms. The summed E-state index contributed by atoms with van der Waals surface area (Å²) in [7, 11) is 0. The van der Waals surface area contributed by atoms with Crippen LogP contribution in [0.5, 0.6) is 0 Å². The molecule has 2 heterocycles. The molecule has 2 aromatic rings. The number of carbonyl (C=O) groups is 2. The van der Waals surface area contributed by atoms with Crippen LogP contribution < -0.4 is 10.2 Å². The van der Waals surface area contributed by atoms with E-state index in [9.17, 15) is 14.0 Å². The molecule has 0 bridgehead atoms. The fraction of sp³-hybridized carbons (Fsp3) is 0.348. The van der Waals surface area contributed by atoms with Crippen molar-refractivity contribution in [2.24, 2.45) is 10.9 Å². The number of nitrogens with zero attached hydrogens (tertiary/aromatic N) is 3. The van der Waals surface area contributed by atoms with Crippen LogP contribution in [-0.4, -0.2) is 55.5 Å². The summed E-state index contributed by atoms with van der Waals surface area (Å²) < 4.78 is 18.5. The molecule has 2 aliphatic heterocycles. The predicted octanol–water partition coefficient (Wildman–Crippen LogP) is 2.35. The van der Waals surface area contributed by atoms with E-state index in [-0.39, 0.29) is 6.61 Å². The highest BCUT2D eigenvalue weighted by molar-refractivity contribution is 6.08. The van der Waals surface area contributed by atoms with Gasteiger partial charge in [-0.2, -0.15) is 0 Å². The second kappa shape index (κ2) is 9.16. The molecule has 7 nitrogen and oxygen atoms in total. The topological polar surface area (TPSA) is 74.2 Å². The van der Waals surface area contributed by atoms with Crippen molar-refractivity contribution < 1.29 is 18.7 Å². The zero-order valence-electron chi connectivity index (χ0n) is 17.3. The van der Waals surface area contributed by atoms with Crippen molar-refractivity contribution in [1.82, 2.24) is 10.2 Å². The van der Waals surface area contributed by atoms with Crippen LogP contribution >= 0.6 is 0 Å². The summed E-state index contributed by atoms with van der Waals surface area (Å²) in [6.45, 7) is 4.76. The third-order valence-corrected chi connectivity index (χ3v) is 5.55. The van der Waals surface area contributed by atoms with Crippen molar-refractivity contribution >= 4 is 23.5 Å². The summed E-state index contributed by atoms with van der Waals surface area (Å²) in [5.41, 5.74) is 1.75. The van der Waals surface area contributed by atoms with Gasteiger partial charge in [0.2, 0.25) is 11.9 Å². The number of nitrogens with one attached hydrogen (secondary N) is 1. The van der Waals surface area contributed by atoms with Crippen LogP contribution in [0, 0.1) is 11.7 Å². The Balaban J connectivity index is 1.56. The Morgan fingerprint density at radius 3 is 2.35 bits per heavy atom. The van der Waals surface area contributed by atoms with Crippen molar-refractivity contribution in [3.05, 3.63) is 66.0 Å². The number of halogens is 1. The summed E-state index contributed by atoms with van der Waals surface area (Å²) in [6.07, 6.45) is 0. The zero-order valence-corrected chi connectivity index (χ0v) is 17.3. The summed E-state index contributed by atoms with van der Waals surface area (Å²) >= 11 is 0. The minimum atomic E-state index is -1.11. The highest BCUT2D eigenvalue weighted by atomic mass is 19.1. The number of piperazine rings is 1. The number of ether oxygens (including phenoxy) is 1. The molecule has 0 aliphatic carbocycles. The molecule has 2 aliphatic rings. The smallest absolute Gasteiger partial charge is 0.321 e. The largest absolute Gasteiger partial charge is 0.465 e. The molecule has 31 heavy (non-hydrogen) atoms. The van der Waals surface area contributed by atoms with Gasteiger partial charge in [0.1, 0.15) is 11.9 Å². The Bertz CT molecular complexity index is 957. The second-order valence-corrected chi connectivity index (χ2v) is 7.48. The number of carbonyl (C=O) groups excluding carboxylic acids is 2. The van der Waals surface area contributed by atoms with E-state index in [1.165, 1.54) is 12.1 Å². The number of amides is 1. The quantitative estimate of drug-likeness (QED) is 0.603. The van der Waals surface area contributed by atoms with Crippen LogP contribution in [0.25, 0.3) is 0 Å². The molecular weight excluding hydrogens is 399 g/mol. The van der Waals surface area contributed by atoms with Gasteiger partial charge in [0, 0.05) is 31.9 Å². The third-order valence-electron chi connectivity index (χ3n) is 5.55. The van der Waals surface area contributed by atoms with Gasteiger partial charge >= 0.3 is 5.97 Å². The predicted molar refractivity (Wildman–Crippen MR) is 115 cm³/mol. The van der Waals surface area contributed by atoms with Gasteiger partial charge in [0.15, 0.2) is 5.92 Å². The number of hydrogen-bond acceptors (Lipinski definition) is 6. The number of anilines is 1. The average Bonchev–Trinajstić information content (AvgIpc) is 2.80. The average molecular weight is 424 g/mol. The molecule has 1 amide bonds. The standard InChI is InChI=1S/C23H25FN4O3/c1-2-31-22(30)19-20(16-8-10-17(24)11-9-16)25-23(26-21(19)29)28-14-12-27(13-15-28)18-6-4-3-5-7-18/h3-11,19-20H,2,12-15H2,1H3,(H,25,26,29)/t19-,20+/m0/s1. The Morgan fingerprint density at radius 2 is 1.71 bits per heavy atom. The van der Waals surface area contributed by atoms with E-state index in [0.717, 1.165) is 18.8 Å². The molecular formula is C23H25FN4O3. The van der Waals surface area contributed by atoms with Gasteiger partial charge in [-0.25, -0.2) is 9.38 Å². The van der Waals surface area contributed by atoms with Crippen LogP contribution in [0.1, 0.15) is 18.5 Å². The number of aliphatic imine (C=N–C) groups is 1. The Hall–Kier alpha value is -3.42. The van der Waals surface area contributed by atoms with E-state index in [1.807, 2.05) is 23.1 Å². The Morgan fingerprint density at radius 1 is 1.06 bits per heavy atom. The van der Waals surface area contributed by atoms with Crippen LogP contribution in [0.2, 0.25) is 0 Å². The van der Waals surface area contributed by atoms with Crippen LogP contribution in [0.3, 0.4) is 0 Å². The fourth-order valence-corrected chi connectivity index (χ4v) is 3.94. The summed E-state index contributed by atoms with van der Waals surface area (Å²) in [6, 6.07) is 15.1. The molecule has 2 atom stereocenters.